The van der Waals surface area contributed by atoms with Gasteiger partial charge in [-0.25, -0.2) is 0 Å². The molecule has 0 aromatic heterocycles. The smallest absolute Gasteiger partial charge is 0.308 e. The minimum absolute atomic E-state index is 0.423. The van der Waals surface area contributed by atoms with Crippen LogP contribution in [0.15, 0.2) is 48.5 Å². The molecule has 24 heavy (non-hydrogen) atoms. The van der Waals surface area contributed by atoms with Crippen LogP contribution >= 0.6 is 0 Å². The number of benzene rings is 2. The minimum atomic E-state index is -1.10. The van der Waals surface area contributed by atoms with Gasteiger partial charge in [0.2, 0.25) is 0 Å². The van der Waals surface area contributed by atoms with Crippen LogP contribution in [0.3, 0.4) is 0 Å². The van der Waals surface area contributed by atoms with Crippen LogP contribution in [0.5, 0.6) is 0 Å². The Balaban J connectivity index is 2.06. The molecule has 1 fully saturated rings. The molecule has 0 spiro atoms. The number of carbonyl (C=O) groups is 2. The minimum Gasteiger partial charge on any atom is -0.481 e. The van der Waals surface area contributed by atoms with Crippen LogP contribution in [-0.2, 0) is 9.59 Å². The molecule has 3 rings (SSSR count). The highest BCUT2D eigenvalue weighted by Crippen LogP contribution is 2.58. The summed E-state index contributed by atoms with van der Waals surface area (Å²) >= 11 is 0. The Hall–Kier alpha value is -3.02. The SMILES string of the molecule is Nc1ccc([C@@H]2C(C(=O)O)C(C(=O)O)[C@@H]2c2ccc(N)cc2)cc1. The molecule has 6 nitrogen and oxygen atoms in total. The van der Waals surface area contributed by atoms with Gasteiger partial charge < -0.3 is 21.7 Å². The monoisotopic (exact) mass is 326 g/mol. The Bertz CT molecular complexity index is 703. The Kier molecular flexibility index (Phi) is 3.89. The van der Waals surface area contributed by atoms with Gasteiger partial charge in [0.1, 0.15) is 0 Å². The number of carboxylic acid groups (broad SMARTS) is 2. The van der Waals surface area contributed by atoms with E-state index in [-0.39, 0.29) is 0 Å². The van der Waals surface area contributed by atoms with Gasteiger partial charge in [-0.05, 0) is 35.4 Å². The van der Waals surface area contributed by atoms with E-state index in [1.165, 1.54) is 0 Å². The van der Waals surface area contributed by atoms with Gasteiger partial charge in [0.25, 0.3) is 0 Å². The van der Waals surface area contributed by atoms with Crippen LogP contribution in [0.4, 0.5) is 11.4 Å². The van der Waals surface area contributed by atoms with Crippen LogP contribution in [0, 0.1) is 11.8 Å². The van der Waals surface area contributed by atoms with Crippen molar-refractivity contribution in [1.82, 2.24) is 0 Å². The zero-order valence-corrected chi connectivity index (χ0v) is 12.8. The van der Waals surface area contributed by atoms with E-state index < -0.39 is 35.6 Å². The summed E-state index contributed by atoms with van der Waals surface area (Å²) in [6, 6.07) is 13.8. The lowest BCUT2D eigenvalue weighted by Crippen LogP contribution is -2.51. The summed E-state index contributed by atoms with van der Waals surface area (Å²) in [5, 5.41) is 19.1. The van der Waals surface area contributed by atoms with Gasteiger partial charge in [-0.1, -0.05) is 24.3 Å². The number of rotatable bonds is 4. The van der Waals surface area contributed by atoms with E-state index in [9.17, 15) is 19.8 Å². The average molecular weight is 326 g/mol. The third kappa shape index (κ3) is 2.56. The highest BCUT2D eigenvalue weighted by Gasteiger charge is 2.58. The van der Waals surface area contributed by atoms with E-state index in [0.717, 1.165) is 11.1 Å². The molecule has 2 aromatic rings. The Morgan fingerprint density at radius 3 is 1.21 bits per heavy atom. The number of aliphatic carboxylic acids is 2. The summed E-state index contributed by atoms with van der Waals surface area (Å²) in [7, 11) is 0. The standard InChI is InChI=1S/C18H18N2O4/c19-11-5-1-9(2-6-11)13-14(10-3-7-12(20)8-4-10)16(18(23)24)15(13)17(21)22/h1-8,13-16H,19-20H2,(H,21,22)(H,23,24)/t13-,14+,15?,16?. The van der Waals surface area contributed by atoms with E-state index in [1.54, 1.807) is 48.5 Å². The summed E-state index contributed by atoms with van der Waals surface area (Å²) in [6.45, 7) is 0. The number of carboxylic acids is 2. The zero-order chi connectivity index (χ0) is 17.4. The molecular weight excluding hydrogens is 308 g/mol. The molecule has 0 radical (unpaired) electrons. The third-order valence-electron chi connectivity index (χ3n) is 4.76. The van der Waals surface area contributed by atoms with Gasteiger partial charge in [-0.15, -0.1) is 0 Å². The molecule has 4 atom stereocenters. The number of nitrogens with two attached hydrogens (primary N) is 2. The second kappa shape index (κ2) is 5.88. The van der Waals surface area contributed by atoms with E-state index in [4.69, 9.17) is 11.5 Å². The maximum atomic E-state index is 11.7. The van der Waals surface area contributed by atoms with Gasteiger partial charge in [0.15, 0.2) is 0 Å². The molecule has 6 heteroatoms. The second-order valence-corrected chi connectivity index (χ2v) is 6.11. The predicted molar refractivity (Wildman–Crippen MR) is 89.4 cm³/mol. The summed E-state index contributed by atoms with van der Waals surface area (Å²) in [4.78, 5) is 23.3. The highest BCUT2D eigenvalue weighted by molar-refractivity contribution is 5.85. The first-order chi connectivity index (χ1) is 11.4. The maximum Gasteiger partial charge on any atom is 0.308 e. The summed E-state index contributed by atoms with van der Waals surface area (Å²) in [5.74, 6) is -5.00. The molecule has 6 N–H and O–H groups in total. The molecule has 124 valence electrons. The molecule has 0 amide bonds. The Morgan fingerprint density at radius 1 is 0.667 bits per heavy atom. The summed E-state index contributed by atoms with van der Waals surface area (Å²) in [5.41, 5.74) is 14.1. The van der Waals surface area contributed by atoms with Crippen molar-refractivity contribution in [3.63, 3.8) is 0 Å². The first kappa shape index (κ1) is 15.9. The maximum absolute atomic E-state index is 11.7. The molecule has 0 saturated heterocycles. The van der Waals surface area contributed by atoms with Crippen LogP contribution < -0.4 is 11.5 Å². The zero-order valence-electron chi connectivity index (χ0n) is 12.8. The molecule has 1 aliphatic rings. The fourth-order valence-electron chi connectivity index (χ4n) is 3.63. The van der Waals surface area contributed by atoms with Crippen LogP contribution in [0.2, 0.25) is 0 Å². The van der Waals surface area contributed by atoms with Crippen LogP contribution in [0.1, 0.15) is 23.0 Å². The van der Waals surface area contributed by atoms with Crippen molar-refractivity contribution in [2.24, 2.45) is 11.8 Å². The van der Waals surface area contributed by atoms with E-state index in [0.29, 0.717) is 11.4 Å². The van der Waals surface area contributed by atoms with Crippen molar-refractivity contribution in [2.45, 2.75) is 11.8 Å². The predicted octanol–water partition coefficient (Wildman–Crippen LogP) is 2.13. The molecule has 1 aliphatic carbocycles. The van der Waals surface area contributed by atoms with Crippen molar-refractivity contribution < 1.29 is 19.8 Å². The topological polar surface area (TPSA) is 127 Å². The van der Waals surface area contributed by atoms with Gasteiger partial charge >= 0.3 is 11.9 Å². The molecule has 2 aromatic carbocycles. The number of anilines is 2. The third-order valence-corrected chi connectivity index (χ3v) is 4.76. The largest absolute Gasteiger partial charge is 0.481 e. The van der Waals surface area contributed by atoms with Gasteiger partial charge in [-0.3, -0.25) is 9.59 Å². The van der Waals surface area contributed by atoms with E-state index >= 15 is 0 Å². The van der Waals surface area contributed by atoms with Crippen molar-refractivity contribution in [3.8, 4) is 0 Å². The molecule has 1 saturated carbocycles. The fourth-order valence-corrected chi connectivity index (χ4v) is 3.63. The first-order valence-electron chi connectivity index (χ1n) is 7.56. The summed E-state index contributed by atoms with van der Waals surface area (Å²) < 4.78 is 0. The van der Waals surface area contributed by atoms with Crippen molar-refractivity contribution in [2.75, 3.05) is 11.5 Å². The fraction of sp³-hybridized carbons (Fsp3) is 0.222. The normalized spacial score (nSPS) is 25.7. The molecule has 0 heterocycles. The molecule has 0 bridgehead atoms. The number of nitrogen functional groups attached to an aromatic ring is 2. The van der Waals surface area contributed by atoms with Crippen molar-refractivity contribution in [3.05, 3.63) is 59.7 Å². The Morgan fingerprint density at radius 2 is 0.958 bits per heavy atom. The quantitative estimate of drug-likeness (QED) is 0.638. The first-order valence-corrected chi connectivity index (χ1v) is 7.56. The van der Waals surface area contributed by atoms with Crippen molar-refractivity contribution >= 4 is 23.3 Å². The average Bonchev–Trinajstić information content (AvgIpc) is 2.49. The highest BCUT2D eigenvalue weighted by atomic mass is 16.4. The van der Waals surface area contributed by atoms with Gasteiger partial charge in [0.05, 0.1) is 11.8 Å². The number of hydrogen-bond donors (Lipinski definition) is 4. The molecule has 2 unspecified atom stereocenters. The second-order valence-electron chi connectivity index (χ2n) is 6.11. The molecular formula is C18H18N2O4. The van der Waals surface area contributed by atoms with Gasteiger partial charge in [0, 0.05) is 23.2 Å². The molecule has 0 aliphatic heterocycles. The lowest BCUT2D eigenvalue weighted by molar-refractivity contribution is -0.164. The Labute approximate surface area is 138 Å². The summed E-state index contributed by atoms with van der Waals surface area (Å²) in [6.07, 6.45) is 0. The van der Waals surface area contributed by atoms with Gasteiger partial charge in [-0.2, -0.15) is 0 Å². The van der Waals surface area contributed by atoms with E-state index in [2.05, 4.69) is 0 Å². The van der Waals surface area contributed by atoms with Crippen LogP contribution in [-0.4, -0.2) is 22.2 Å². The van der Waals surface area contributed by atoms with Crippen LogP contribution in [0.25, 0.3) is 0 Å². The number of hydrogen-bond acceptors (Lipinski definition) is 4. The lowest BCUT2D eigenvalue weighted by atomic mass is 9.52. The lowest BCUT2D eigenvalue weighted by Gasteiger charge is -2.48. The van der Waals surface area contributed by atoms with E-state index in [1.807, 2.05) is 0 Å². The van der Waals surface area contributed by atoms with Crippen molar-refractivity contribution in [1.29, 1.82) is 0 Å².